The first-order valence-electron chi connectivity index (χ1n) is 10.6. The molecule has 4 heteroatoms. The number of nitrogens with zero attached hydrogens (tertiary/aromatic N) is 1. The van der Waals surface area contributed by atoms with E-state index < -0.39 is 0 Å². The zero-order valence-corrected chi connectivity index (χ0v) is 18.7. The van der Waals surface area contributed by atoms with Gasteiger partial charge in [0.2, 0.25) is 0 Å². The number of benzene rings is 4. The molecule has 0 saturated carbocycles. The lowest BCUT2D eigenvalue weighted by Gasteiger charge is -2.33. The average molecular weight is 441 g/mol. The number of nitrogens with one attached hydrogen (secondary N) is 1. The van der Waals surface area contributed by atoms with E-state index >= 15 is 0 Å². The van der Waals surface area contributed by atoms with Crippen LogP contribution in [0.3, 0.4) is 0 Å². The molecule has 4 rings (SSSR count). The molecule has 32 heavy (non-hydrogen) atoms. The predicted octanol–water partition coefficient (Wildman–Crippen LogP) is 7.47. The van der Waals surface area contributed by atoms with Crippen molar-refractivity contribution in [2.45, 2.75) is 19.5 Å². The molecule has 0 bridgehead atoms. The zero-order valence-electron chi connectivity index (χ0n) is 17.9. The lowest BCUT2D eigenvalue weighted by atomic mass is 9.96. The minimum absolute atomic E-state index is 0.165. The van der Waals surface area contributed by atoms with Gasteiger partial charge in [-0.15, -0.1) is 0 Å². The number of carbonyl (C=O) groups excluding carboxylic acids is 1. The van der Waals surface area contributed by atoms with Gasteiger partial charge in [-0.2, -0.15) is 0 Å². The standard InChI is InChI=1S/C28H25ClN2O/c1-21-12-18-26(19-13-21)30-28(32)31(20-22-14-16-25(29)17-15-22)27(23-8-4-2-5-9-23)24-10-6-3-7-11-24/h2-19,27H,20H2,1H3,(H,30,32). The summed E-state index contributed by atoms with van der Waals surface area (Å²) in [6, 6.07) is 35.3. The number of amides is 2. The third kappa shape index (κ3) is 5.37. The van der Waals surface area contributed by atoms with Gasteiger partial charge in [-0.1, -0.05) is 102 Å². The van der Waals surface area contributed by atoms with E-state index in [0.717, 1.165) is 27.9 Å². The Morgan fingerprint density at radius 1 is 0.781 bits per heavy atom. The minimum Gasteiger partial charge on any atom is -0.309 e. The molecule has 0 aliphatic rings. The molecule has 0 spiro atoms. The molecule has 0 atom stereocenters. The maximum atomic E-state index is 13.6. The highest BCUT2D eigenvalue weighted by Gasteiger charge is 2.27. The summed E-state index contributed by atoms with van der Waals surface area (Å²) in [5.74, 6) is 0. The molecule has 0 heterocycles. The Balaban J connectivity index is 1.75. The van der Waals surface area contributed by atoms with Crippen molar-refractivity contribution in [3.05, 3.63) is 136 Å². The first-order chi connectivity index (χ1) is 15.6. The molecule has 0 radical (unpaired) electrons. The molecular formula is C28H25ClN2O. The predicted molar refractivity (Wildman–Crippen MR) is 132 cm³/mol. The molecule has 1 N–H and O–H groups in total. The van der Waals surface area contributed by atoms with Gasteiger partial charge in [0, 0.05) is 17.3 Å². The molecule has 0 aliphatic heterocycles. The summed E-state index contributed by atoms with van der Waals surface area (Å²) in [4.78, 5) is 15.5. The molecule has 0 fully saturated rings. The van der Waals surface area contributed by atoms with E-state index in [2.05, 4.69) is 29.6 Å². The van der Waals surface area contributed by atoms with Crippen LogP contribution in [-0.2, 0) is 6.54 Å². The van der Waals surface area contributed by atoms with Crippen LogP contribution < -0.4 is 5.32 Å². The third-order valence-electron chi connectivity index (χ3n) is 5.37. The fourth-order valence-electron chi connectivity index (χ4n) is 3.72. The van der Waals surface area contributed by atoms with Gasteiger partial charge in [0.05, 0.1) is 6.04 Å². The Hall–Kier alpha value is -3.56. The second-order valence-electron chi connectivity index (χ2n) is 7.77. The molecule has 4 aromatic carbocycles. The van der Waals surface area contributed by atoms with Crippen LogP contribution in [0.5, 0.6) is 0 Å². The molecule has 3 nitrogen and oxygen atoms in total. The number of aryl methyl sites for hydroxylation is 1. The summed E-state index contributed by atoms with van der Waals surface area (Å²) >= 11 is 6.09. The van der Waals surface area contributed by atoms with Crippen molar-refractivity contribution in [2.75, 3.05) is 5.32 Å². The van der Waals surface area contributed by atoms with Gasteiger partial charge in [0.1, 0.15) is 0 Å². The Bertz CT molecular complexity index is 1100. The summed E-state index contributed by atoms with van der Waals surface area (Å²) in [6.45, 7) is 2.46. The van der Waals surface area contributed by atoms with E-state index in [1.54, 1.807) is 0 Å². The highest BCUT2D eigenvalue weighted by molar-refractivity contribution is 6.30. The number of urea groups is 1. The van der Waals surface area contributed by atoms with E-state index in [9.17, 15) is 4.79 Å². The second kappa shape index (κ2) is 10.2. The van der Waals surface area contributed by atoms with Gasteiger partial charge in [-0.3, -0.25) is 0 Å². The van der Waals surface area contributed by atoms with Crippen molar-refractivity contribution < 1.29 is 4.79 Å². The third-order valence-corrected chi connectivity index (χ3v) is 5.62. The molecule has 0 aromatic heterocycles. The van der Waals surface area contributed by atoms with Gasteiger partial charge < -0.3 is 10.2 Å². The van der Waals surface area contributed by atoms with E-state index in [-0.39, 0.29) is 12.1 Å². The maximum Gasteiger partial charge on any atom is 0.322 e. The largest absolute Gasteiger partial charge is 0.322 e. The normalized spacial score (nSPS) is 10.7. The van der Waals surface area contributed by atoms with Crippen LogP contribution >= 0.6 is 11.6 Å². The first kappa shape index (κ1) is 21.7. The number of hydrogen-bond donors (Lipinski definition) is 1. The summed E-state index contributed by atoms with van der Waals surface area (Å²) in [5.41, 5.74) is 5.01. The van der Waals surface area contributed by atoms with Crippen LogP contribution in [0, 0.1) is 6.92 Å². The molecule has 0 unspecified atom stereocenters. The zero-order chi connectivity index (χ0) is 22.3. The smallest absolute Gasteiger partial charge is 0.309 e. The molecule has 2 amide bonds. The monoisotopic (exact) mass is 440 g/mol. The van der Waals surface area contributed by atoms with Gasteiger partial charge in [-0.25, -0.2) is 4.79 Å². The Morgan fingerprint density at radius 3 is 1.84 bits per heavy atom. The fourth-order valence-corrected chi connectivity index (χ4v) is 3.85. The van der Waals surface area contributed by atoms with Crippen LogP contribution in [-0.4, -0.2) is 10.9 Å². The highest BCUT2D eigenvalue weighted by atomic mass is 35.5. The van der Waals surface area contributed by atoms with Crippen LogP contribution in [0.25, 0.3) is 0 Å². The number of anilines is 1. The van der Waals surface area contributed by atoms with E-state index in [1.807, 2.05) is 96.8 Å². The second-order valence-corrected chi connectivity index (χ2v) is 8.21. The van der Waals surface area contributed by atoms with Gasteiger partial charge in [-0.05, 0) is 47.9 Å². The summed E-state index contributed by atoms with van der Waals surface area (Å²) in [7, 11) is 0. The van der Waals surface area contributed by atoms with E-state index in [4.69, 9.17) is 11.6 Å². The molecule has 160 valence electrons. The molecule has 4 aromatic rings. The topological polar surface area (TPSA) is 32.3 Å². The minimum atomic E-state index is -0.251. The summed E-state index contributed by atoms with van der Waals surface area (Å²) in [5, 5.41) is 3.76. The lowest BCUT2D eigenvalue weighted by Crippen LogP contribution is -2.38. The van der Waals surface area contributed by atoms with Gasteiger partial charge in [0.25, 0.3) is 0 Å². The van der Waals surface area contributed by atoms with Crippen molar-refractivity contribution in [2.24, 2.45) is 0 Å². The van der Waals surface area contributed by atoms with Crippen LogP contribution in [0.1, 0.15) is 28.3 Å². The summed E-state index contributed by atoms with van der Waals surface area (Å²) < 4.78 is 0. The Kier molecular flexibility index (Phi) is 6.88. The maximum absolute atomic E-state index is 13.6. The fraction of sp³-hybridized carbons (Fsp3) is 0.107. The molecular weight excluding hydrogens is 416 g/mol. The highest BCUT2D eigenvalue weighted by Crippen LogP contribution is 2.31. The van der Waals surface area contributed by atoms with E-state index in [0.29, 0.717) is 11.6 Å². The SMILES string of the molecule is Cc1ccc(NC(=O)N(Cc2ccc(Cl)cc2)C(c2ccccc2)c2ccccc2)cc1. The van der Waals surface area contributed by atoms with Crippen molar-refractivity contribution in [3.8, 4) is 0 Å². The van der Waals surface area contributed by atoms with Crippen molar-refractivity contribution in [1.82, 2.24) is 4.90 Å². The number of carbonyl (C=O) groups is 1. The summed E-state index contributed by atoms with van der Waals surface area (Å²) in [6.07, 6.45) is 0. The molecule has 0 saturated heterocycles. The van der Waals surface area contributed by atoms with E-state index in [1.165, 1.54) is 0 Å². The lowest BCUT2D eigenvalue weighted by molar-refractivity contribution is 0.194. The van der Waals surface area contributed by atoms with Crippen molar-refractivity contribution >= 4 is 23.3 Å². The quantitative estimate of drug-likeness (QED) is 0.331. The average Bonchev–Trinajstić information content (AvgIpc) is 2.83. The van der Waals surface area contributed by atoms with Crippen molar-refractivity contribution in [1.29, 1.82) is 0 Å². The van der Waals surface area contributed by atoms with Crippen molar-refractivity contribution in [3.63, 3.8) is 0 Å². The Morgan fingerprint density at radius 2 is 1.31 bits per heavy atom. The number of rotatable bonds is 6. The first-order valence-corrected chi connectivity index (χ1v) is 11.0. The van der Waals surface area contributed by atoms with Crippen LogP contribution in [0.2, 0.25) is 5.02 Å². The van der Waals surface area contributed by atoms with Gasteiger partial charge >= 0.3 is 6.03 Å². The number of halogens is 1. The number of hydrogen-bond acceptors (Lipinski definition) is 1. The van der Waals surface area contributed by atoms with Crippen LogP contribution in [0.4, 0.5) is 10.5 Å². The van der Waals surface area contributed by atoms with Crippen LogP contribution in [0.15, 0.2) is 109 Å². The molecule has 0 aliphatic carbocycles. The van der Waals surface area contributed by atoms with Gasteiger partial charge in [0.15, 0.2) is 0 Å². The Labute approximate surface area is 194 Å².